The van der Waals surface area contributed by atoms with Crippen molar-refractivity contribution in [1.29, 1.82) is 0 Å². The first-order chi connectivity index (χ1) is 12.0. The molecule has 5 nitrogen and oxygen atoms in total. The van der Waals surface area contributed by atoms with Crippen LogP contribution < -0.4 is 10.6 Å². The van der Waals surface area contributed by atoms with Crippen LogP contribution in [0, 0.1) is 5.92 Å². The molecule has 146 valence electrons. The standard InChI is InChI=1S/C17H31F3N4O/c1-2-21-16(23-12-15-4-3-11-25-15)22-8-5-14-6-9-24(10-7-14)13-17(18,19)20/h14-15H,2-13H2,1H3,(H2,21,22,23). The number of hydrogen-bond donors (Lipinski definition) is 2. The molecule has 8 heteroatoms. The molecule has 1 unspecified atom stereocenters. The summed E-state index contributed by atoms with van der Waals surface area (Å²) < 4.78 is 42.8. The van der Waals surface area contributed by atoms with Crippen LogP contribution in [0.2, 0.25) is 0 Å². The van der Waals surface area contributed by atoms with E-state index < -0.39 is 12.7 Å². The van der Waals surface area contributed by atoms with Gasteiger partial charge in [-0.05, 0) is 58.0 Å². The molecule has 2 N–H and O–H groups in total. The highest BCUT2D eigenvalue weighted by molar-refractivity contribution is 5.79. The number of aliphatic imine (C=N–C) groups is 1. The van der Waals surface area contributed by atoms with Gasteiger partial charge in [-0.25, -0.2) is 0 Å². The summed E-state index contributed by atoms with van der Waals surface area (Å²) in [5.41, 5.74) is 0. The molecule has 0 bridgehead atoms. The molecule has 0 aromatic carbocycles. The van der Waals surface area contributed by atoms with Crippen LogP contribution in [-0.2, 0) is 4.74 Å². The maximum Gasteiger partial charge on any atom is 0.401 e. The van der Waals surface area contributed by atoms with E-state index in [0.29, 0.717) is 25.6 Å². The number of nitrogens with zero attached hydrogens (tertiary/aromatic N) is 2. The lowest BCUT2D eigenvalue weighted by Crippen LogP contribution is -2.41. The Morgan fingerprint density at radius 3 is 2.56 bits per heavy atom. The number of nitrogens with one attached hydrogen (secondary N) is 2. The molecule has 0 aromatic heterocycles. The molecule has 2 aliphatic heterocycles. The van der Waals surface area contributed by atoms with Gasteiger partial charge in [0.2, 0.25) is 0 Å². The van der Waals surface area contributed by atoms with Crippen molar-refractivity contribution in [2.24, 2.45) is 10.9 Å². The van der Waals surface area contributed by atoms with Gasteiger partial charge in [-0.2, -0.15) is 13.2 Å². The first kappa shape index (κ1) is 20.3. The predicted octanol–water partition coefficient (Wildman–Crippen LogP) is 2.38. The minimum absolute atomic E-state index is 0.230. The van der Waals surface area contributed by atoms with Crippen molar-refractivity contribution in [2.45, 2.75) is 51.3 Å². The first-order valence-corrected chi connectivity index (χ1v) is 9.39. The monoisotopic (exact) mass is 364 g/mol. The molecular weight excluding hydrogens is 333 g/mol. The number of guanidine groups is 1. The van der Waals surface area contributed by atoms with Crippen molar-refractivity contribution in [3.63, 3.8) is 0 Å². The van der Waals surface area contributed by atoms with E-state index >= 15 is 0 Å². The molecule has 2 fully saturated rings. The fourth-order valence-corrected chi connectivity index (χ4v) is 3.40. The van der Waals surface area contributed by atoms with Gasteiger partial charge in [0.1, 0.15) is 0 Å². The minimum atomic E-state index is -4.09. The SMILES string of the molecule is CCNC(=NCC1CCCO1)NCCC1CCN(CC(F)(F)F)CC1. The summed E-state index contributed by atoms with van der Waals surface area (Å²) in [6, 6.07) is 0. The van der Waals surface area contributed by atoms with Gasteiger partial charge in [-0.15, -0.1) is 0 Å². The quantitative estimate of drug-likeness (QED) is 0.538. The third-order valence-corrected chi connectivity index (χ3v) is 4.78. The Kier molecular flexibility index (Phi) is 8.29. The van der Waals surface area contributed by atoms with Crippen LogP contribution in [0.4, 0.5) is 13.2 Å². The van der Waals surface area contributed by atoms with Crippen LogP contribution in [0.25, 0.3) is 0 Å². The summed E-state index contributed by atoms with van der Waals surface area (Å²) >= 11 is 0. The van der Waals surface area contributed by atoms with Gasteiger partial charge in [0.25, 0.3) is 0 Å². The number of rotatable bonds is 7. The largest absolute Gasteiger partial charge is 0.401 e. The summed E-state index contributed by atoms with van der Waals surface area (Å²) in [4.78, 5) is 6.08. The van der Waals surface area contributed by atoms with Crippen LogP contribution in [0.5, 0.6) is 0 Å². The van der Waals surface area contributed by atoms with E-state index in [9.17, 15) is 13.2 Å². The summed E-state index contributed by atoms with van der Waals surface area (Å²) in [6.07, 6.45) is 0.950. The van der Waals surface area contributed by atoms with Gasteiger partial charge in [-0.3, -0.25) is 9.89 Å². The van der Waals surface area contributed by atoms with Crippen molar-refractivity contribution in [3.05, 3.63) is 0 Å². The zero-order valence-corrected chi connectivity index (χ0v) is 15.1. The molecule has 0 saturated carbocycles. The molecule has 2 heterocycles. The lowest BCUT2D eigenvalue weighted by atomic mass is 9.93. The molecular formula is C17H31F3N4O. The molecule has 25 heavy (non-hydrogen) atoms. The second kappa shape index (κ2) is 10.2. The molecule has 0 radical (unpaired) electrons. The molecule has 2 saturated heterocycles. The number of halogens is 3. The molecule has 2 rings (SSSR count). The Morgan fingerprint density at radius 1 is 1.20 bits per heavy atom. The van der Waals surface area contributed by atoms with E-state index in [1.54, 1.807) is 0 Å². The Balaban J connectivity index is 1.63. The second-order valence-corrected chi connectivity index (χ2v) is 6.90. The Labute approximate surface area is 148 Å². The van der Waals surface area contributed by atoms with E-state index in [4.69, 9.17) is 4.74 Å². The maximum atomic E-state index is 12.4. The highest BCUT2D eigenvalue weighted by Gasteiger charge is 2.32. The molecule has 0 aliphatic carbocycles. The van der Waals surface area contributed by atoms with Crippen LogP contribution in [0.15, 0.2) is 4.99 Å². The van der Waals surface area contributed by atoms with Gasteiger partial charge in [-0.1, -0.05) is 0 Å². The lowest BCUT2D eigenvalue weighted by Gasteiger charge is -2.32. The zero-order valence-electron chi connectivity index (χ0n) is 15.1. The van der Waals surface area contributed by atoms with Crippen molar-refractivity contribution >= 4 is 5.96 Å². The van der Waals surface area contributed by atoms with Gasteiger partial charge in [0.05, 0.1) is 19.2 Å². The fraction of sp³-hybridized carbons (Fsp3) is 0.941. The summed E-state index contributed by atoms with van der Waals surface area (Å²) in [5, 5.41) is 6.56. The van der Waals surface area contributed by atoms with E-state index in [0.717, 1.165) is 57.8 Å². The van der Waals surface area contributed by atoms with Gasteiger partial charge >= 0.3 is 6.18 Å². The average Bonchev–Trinajstić information content (AvgIpc) is 3.06. The number of ether oxygens (including phenoxy) is 1. The fourth-order valence-electron chi connectivity index (χ4n) is 3.40. The Morgan fingerprint density at radius 2 is 1.96 bits per heavy atom. The Hall–Kier alpha value is -1.02. The smallest absolute Gasteiger partial charge is 0.376 e. The van der Waals surface area contributed by atoms with Crippen molar-refractivity contribution in [1.82, 2.24) is 15.5 Å². The highest BCUT2D eigenvalue weighted by Crippen LogP contribution is 2.23. The normalized spacial score (nSPS) is 23.8. The van der Waals surface area contributed by atoms with Crippen molar-refractivity contribution in [2.75, 3.05) is 45.9 Å². The lowest BCUT2D eigenvalue weighted by molar-refractivity contribution is -0.148. The van der Waals surface area contributed by atoms with Crippen LogP contribution in [0.3, 0.4) is 0 Å². The van der Waals surface area contributed by atoms with Crippen LogP contribution in [-0.4, -0.2) is 69.0 Å². The van der Waals surface area contributed by atoms with E-state index in [-0.39, 0.29) is 6.10 Å². The van der Waals surface area contributed by atoms with Crippen LogP contribution >= 0.6 is 0 Å². The van der Waals surface area contributed by atoms with Gasteiger partial charge < -0.3 is 15.4 Å². The topological polar surface area (TPSA) is 48.9 Å². The second-order valence-electron chi connectivity index (χ2n) is 6.90. The van der Waals surface area contributed by atoms with Crippen LogP contribution in [0.1, 0.15) is 39.0 Å². The summed E-state index contributed by atoms with van der Waals surface area (Å²) in [6.45, 7) is 5.42. The number of likely N-dealkylation sites (tertiary alicyclic amines) is 1. The average molecular weight is 364 g/mol. The number of hydrogen-bond acceptors (Lipinski definition) is 3. The third kappa shape index (κ3) is 8.27. The predicted molar refractivity (Wildman–Crippen MR) is 92.8 cm³/mol. The summed E-state index contributed by atoms with van der Waals surface area (Å²) in [5.74, 6) is 1.28. The summed E-state index contributed by atoms with van der Waals surface area (Å²) in [7, 11) is 0. The van der Waals surface area contributed by atoms with Crippen molar-refractivity contribution < 1.29 is 17.9 Å². The van der Waals surface area contributed by atoms with E-state index in [1.165, 1.54) is 4.90 Å². The van der Waals surface area contributed by atoms with Gasteiger partial charge in [0, 0.05) is 19.7 Å². The molecule has 0 aromatic rings. The number of piperidine rings is 1. The molecule has 0 spiro atoms. The molecule has 2 aliphatic rings. The maximum absolute atomic E-state index is 12.4. The zero-order chi connectivity index (χ0) is 18.1. The Bertz CT molecular complexity index is 403. The molecule has 1 atom stereocenters. The van der Waals surface area contributed by atoms with E-state index in [1.807, 2.05) is 6.92 Å². The van der Waals surface area contributed by atoms with E-state index in [2.05, 4.69) is 15.6 Å². The van der Waals surface area contributed by atoms with Gasteiger partial charge in [0.15, 0.2) is 5.96 Å². The molecule has 0 amide bonds. The minimum Gasteiger partial charge on any atom is -0.376 e. The number of alkyl halides is 3. The van der Waals surface area contributed by atoms with Crippen molar-refractivity contribution in [3.8, 4) is 0 Å². The third-order valence-electron chi connectivity index (χ3n) is 4.78. The highest BCUT2D eigenvalue weighted by atomic mass is 19.4. The first-order valence-electron chi connectivity index (χ1n) is 9.39.